The van der Waals surface area contributed by atoms with Crippen LogP contribution in [0.3, 0.4) is 0 Å². The van der Waals surface area contributed by atoms with Crippen LogP contribution in [0.4, 0.5) is 19.0 Å². The van der Waals surface area contributed by atoms with Gasteiger partial charge in [0.05, 0.1) is 10.9 Å². The molecule has 0 atom stereocenters. The molecule has 1 aromatic heterocycles. The van der Waals surface area contributed by atoms with Gasteiger partial charge in [-0.2, -0.15) is 0 Å². The molecule has 0 spiro atoms. The Labute approximate surface area is 116 Å². The second kappa shape index (κ2) is 4.93. The van der Waals surface area contributed by atoms with E-state index in [-0.39, 0.29) is 22.4 Å². The maximum atomic E-state index is 13.5. The summed E-state index contributed by atoms with van der Waals surface area (Å²) in [6, 6.07) is 6.21. The van der Waals surface area contributed by atoms with E-state index >= 15 is 0 Å². The first-order valence-electron chi connectivity index (χ1n) is 5.86. The Morgan fingerprint density at radius 2 is 1.76 bits per heavy atom. The van der Waals surface area contributed by atoms with Crippen LogP contribution >= 0.6 is 0 Å². The van der Waals surface area contributed by atoms with E-state index in [0.717, 1.165) is 18.2 Å². The summed E-state index contributed by atoms with van der Waals surface area (Å²) >= 11 is 0. The molecule has 3 aromatic rings. The van der Waals surface area contributed by atoms with Gasteiger partial charge in [0, 0.05) is 6.07 Å². The SMILES string of the molecule is O=C(Nc1noc2ccc(F)cc12)c1ccc(F)cc1F. The van der Waals surface area contributed by atoms with E-state index in [1.807, 2.05) is 0 Å². The number of nitrogens with zero attached hydrogens (tertiary/aromatic N) is 1. The molecular weight excluding hydrogens is 285 g/mol. The Kier molecular flexibility index (Phi) is 3.09. The van der Waals surface area contributed by atoms with E-state index in [4.69, 9.17) is 4.52 Å². The lowest BCUT2D eigenvalue weighted by atomic mass is 10.2. The smallest absolute Gasteiger partial charge is 0.259 e. The zero-order chi connectivity index (χ0) is 15.0. The third-order valence-corrected chi connectivity index (χ3v) is 2.84. The number of nitrogens with one attached hydrogen (secondary N) is 1. The number of hydrogen-bond acceptors (Lipinski definition) is 3. The zero-order valence-corrected chi connectivity index (χ0v) is 10.4. The van der Waals surface area contributed by atoms with Crippen molar-refractivity contribution in [1.82, 2.24) is 5.16 Å². The number of amides is 1. The first kappa shape index (κ1) is 13.2. The van der Waals surface area contributed by atoms with E-state index in [1.165, 1.54) is 12.1 Å². The number of halogens is 3. The highest BCUT2D eigenvalue weighted by Gasteiger charge is 2.16. The average Bonchev–Trinajstić information content (AvgIpc) is 2.81. The number of carbonyl (C=O) groups excluding carboxylic acids is 1. The van der Waals surface area contributed by atoms with Crippen LogP contribution in [0.2, 0.25) is 0 Å². The molecule has 106 valence electrons. The number of rotatable bonds is 2. The van der Waals surface area contributed by atoms with Crippen LogP contribution in [-0.4, -0.2) is 11.1 Å². The molecule has 0 unspecified atom stereocenters. The van der Waals surface area contributed by atoms with Gasteiger partial charge < -0.3 is 9.84 Å². The van der Waals surface area contributed by atoms with Crippen molar-refractivity contribution in [2.75, 3.05) is 5.32 Å². The largest absolute Gasteiger partial charge is 0.354 e. The van der Waals surface area contributed by atoms with Gasteiger partial charge in [-0.15, -0.1) is 0 Å². The van der Waals surface area contributed by atoms with Gasteiger partial charge >= 0.3 is 0 Å². The van der Waals surface area contributed by atoms with Crippen LogP contribution in [0, 0.1) is 17.5 Å². The number of hydrogen-bond donors (Lipinski definition) is 1. The topological polar surface area (TPSA) is 55.1 Å². The highest BCUT2D eigenvalue weighted by molar-refractivity contribution is 6.07. The van der Waals surface area contributed by atoms with E-state index in [9.17, 15) is 18.0 Å². The van der Waals surface area contributed by atoms with Crippen LogP contribution in [0.25, 0.3) is 11.0 Å². The Morgan fingerprint density at radius 3 is 2.52 bits per heavy atom. The minimum atomic E-state index is -1.01. The lowest BCUT2D eigenvalue weighted by molar-refractivity contribution is 0.102. The summed E-state index contributed by atoms with van der Waals surface area (Å²) < 4.78 is 44.4. The molecule has 3 rings (SSSR count). The van der Waals surface area contributed by atoms with Crippen molar-refractivity contribution in [1.29, 1.82) is 0 Å². The average molecular weight is 292 g/mol. The Balaban J connectivity index is 1.94. The number of fused-ring (bicyclic) bond motifs is 1. The zero-order valence-electron chi connectivity index (χ0n) is 10.4. The quantitative estimate of drug-likeness (QED) is 0.786. The molecule has 1 heterocycles. The van der Waals surface area contributed by atoms with Gasteiger partial charge in [0.15, 0.2) is 11.4 Å². The van der Waals surface area contributed by atoms with Crippen molar-refractivity contribution in [3.63, 3.8) is 0 Å². The van der Waals surface area contributed by atoms with Crippen LogP contribution in [0.1, 0.15) is 10.4 Å². The fourth-order valence-electron chi connectivity index (χ4n) is 1.85. The Hall–Kier alpha value is -2.83. The maximum absolute atomic E-state index is 13.5. The van der Waals surface area contributed by atoms with E-state index in [2.05, 4.69) is 10.5 Å². The van der Waals surface area contributed by atoms with Gasteiger partial charge in [0.2, 0.25) is 0 Å². The predicted molar refractivity (Wildman–Crippen MR) is 68.3 cm³/mol. The van der Waals surface area contributed by atoms with Gasteiger partial charge in [0.25, 0.3) is 5.91 Å². The Morgan fingerprint density at radius 1 is 1.05 bits per heavy atom. The predicted octanol–water partition coefficient (Wildman–Crippen LogP) is 3.50. The van der Waals surface area contributed by atoms with Gasteiger partial charge in [-0.05, 0) is 30.3 Å². The second-order valence-electron chi connectivity index (χ2n) is 4.25. The van der Waals surface area contributed by atoms with Crippen LogP contribution < -0.4 is 5.32 Å². The van der Waals surface area contributed by atoms with Crippen molar-refractivity contribution in [3.8, 4) is 0 Å². The molecule has 1 amide bonds. The molecule has 0 bridgehead atoms. The third-order valence-electron chi connectivity index (χ3n) is 2.84. The molecule has 1 N–H and O–H groups in total. The van der Waals surface area contributed by atoms with Gasteiger partial charge in [-0.25, -0.2) is 13.2 Å². The second-order valence-corrected chi connectivity index (χ2v) is 4.25. The number of carbonyl (C=O) groups is 1. The summed E-state index contributed by atoms with van der Waals surface area (Å²) in [5.41, 5.74) is -0.0877. The third kappa shape index (κ3) is 2.45. The minimum absolute atomic E-state index is 0.0433. The molecule has 0 saturated carbocycles. The molecule has 0 fully saturated rings. The number of anilines is 1. The van der Waals surface area contributed by atoms with Crippen molar-refractivity contribution >= 4 is 22.7 Å². The molecule has 0 saturated heterocycles. The van der Waals surface area contributed by atoms with Crippen molar-refractivity contribution in [2.45, 2.75) is 0 Å². The highest BCUT2D eigenvalue weighted by Crippen LogP contribution is 2.24. The molecule has 0 aliphatic rings. The Bertz CT molecular complexity index is 845. The van der Waals surface area contributed by atoms with Crippen molar-refractivity contribution < 1.29 is 22.5 Å². The fraction of sp³-hybridized carbons (Fsp3) is 0. The fourth-order valence-corrected chi connectivity index (χ4v) is 1.85. The number of benzene rings is 2. The van der Waals surface area contributed by atoms with Gasteiger partial charge in [0.1, 0.15) is 17.5 Å². The van der Waals surface area contributed by atoms with Gasteiger partial charge in [-0.1, -0.05) is 5.16 Å². The summed E-state index contributed by atoms with van der Waals surface area (Å²) in [6.45, 7) is 0. The molecular formula is C14H7F3N2O2. The molecule has 0 aliphatic heterocycles. The summed E-state index contributed by atoms with van der Waals surface area (Å²) in [5.74, 6) is -3.22. The maximum Gasteiger partial charge on any atom is 0.259 e. The molecule has 2 aromatic carbocycles. The molecule has 0 aliphatic carbocycles. The van der Waals surface area contributed by atoms with Crippen molar-refractivity contribution in [2.24, 2.45) is 0 Å². The van der Waals surface area contributed by atoms with Crippen LogP contribution in [0.5, 0.6) is 0 Å². The monoisotopic (exact) mass is 292 g/mol. The van der Waals surface area contributed by atoms with Gasteiger partial charge in [-0.3, -0.25) is 4.79 Å². The summed E-state index contributed by atoms with van der Waals surface area (Å²) in [6.07, 6.45) is 0. The number of aromatic nitrogens is 1. The lowest BCUT2D eigenvalue weighted by Crippen LogP contribution is -2.14. The summed E-state index contributed by atoms with van der Waals surface area (Å²) in [5, 5.41) is 6.12. The normalized spacial score (nSPS) is 10.8. The highest BCUT2D eigenvalue weighted by atomic mass is 19.1. The van der Waals surface area contributed by atoms with Crippen LogP contribution in [0.15, 0.2) is 40.9 Å². The first-order valence-corrected chi connectivity index (χ1v) is 5.86. The molecule has 7 heteroatoms. The van der Waals surface area contributed by atoms with Crippen LogP contribution in [-0.2, 0) is 0 Å². The first-order chi connectivity index (χ1) is 10.0. The molecule has 21 heavy (non-hydrogen) atoms. The lowest BCUT2D eigenvalue weighted by Gasteiger charge is -2.03. The van der Waals surface area contributed by atoms with Crippen molar-refractivity contribution in [3.05, 3.63) is 59.4 Å². The molecule has 4 nitrogen and oxygen atoms in total. The van der Waals surface area contributed by atoms with E-state index in [0.29, 0.717) is 6.07 Å². The van der Waals surface area contributed by atoms with E-state index < -0.39 is 23.4 Å². The summed E-state index contributed by atoms with van der Waals surface area (Å²) in [7, 11) is 0. The molecule has 0 radical (unpaired) electrons. The minimum Gasteiger partial charge on any atom is -0.354 e. The van der Waals surface area contributed by atoms with E-state index in [1.54, 1.807) is 0 Å². The standard InChI is InChI=1S/C14H7F3N2O2/c15-7-2-4-12-10(5-7)13(19-21-12)18-14(20)9-3-1-8(16)6-11(9)17/h1-6H,(H,18,19,20). The summed E-state index contributed by atoms with van der Waals surface area (Å²) in [4.78, 5) is 11.9.